The molecule has 3 N–H and O–H groups in total. The van der Waals surface area contributed by atoms with Gasteiger partial charge in [-0.15, -0.1) is 0 Å². The summed E-state index contributed by atoms with van der Waals surface area (Å²) in [5.74, 6) is -0.401. The third kappa shape index (κ3) is 3.07. The molecule has 19 heavy (non-hydrogen) atoms. The lowest BCUT2D eigenvalue weighted by Crippen LogP contribution is -2.27. The van der Waals surface area contributed by atoms with Gasteiger partial charge in [-0.05, 0) is 18.4 Å². The largest absolute Gasteiger partial charge is 0.394 e. The maximum absolute atomic E-state index is 12.4. The van der Waals surface area contributed by atoms with Gasteiger partial charge in [-0.25, -0.2) is 13.6 Å². The van der Waals surface area contributed by atoms with Crippen LogP contribution in [0.3, 0.4) is 0 Å². The number of nitrogen functional groups attached to an aromatic ring is 1. The van der Waals surface area contributed by atoms with Gasteiger partial charge in [0.2, 0.25) is 6.43 Å². The van der Waals surface area contributed by atoms with Crippen molar-refractivity contribution in [3.05, 3.63) is 22.7 Å². The van der Waals surface area contributed by atoms with Crippen molar-refractivity contribution in [3.8, 4) is 0 Å². The van der Waals surface area contributed by atoms with Crippen LogP contribution in [-0.2, 0) is 4.74 Å². The fraction of sp³-hybridized carbons (Fsp3) is 0.636. The van der Waals surface area contributed by atoms with Crippen molar-refractivity contribution in [1.82, 2.24) is 9.55 Å². The van der Waals surface area contributed by atoms with Crippen LogP contribution in [0, 0.1) is 5.92 Å². The quantitative estimate of drug-likeness (QED) is 0.829. The summed E-state index contributed by atoms with van der Waals surface area (Å²) in [7, 11) is 0. The average molecular weight is 275 g/mol. The third-order valence-electron chi connectivity index (χ3n) is 3.18. The Morgan fingerprint density at radius 2 is 2.37 bits per heavy atom. The molecule has 0 saturated carbocycles. The second-order valence-corrected chi connectivity index (χ2v) is 4.48. The fourth-order valence-electron chi connectivity index (χ4n) is 2.27. The monoisotopic (exact) mass is 275 g/mol. The van der Waals surface area contributed by atoms with Crippen molar-refractivity contribution in [2.45, 2.75) is 31.6 Å². The molecule has 8 heteroatoms. The van der Waals surface area contributed by atoms with E-state index in [1.54, 1.807) is 0 Å². The number of aliphatic hydroxyl groups excluding tert-OH is 1. The molecule has 0 bridgehead atoms. The Kier molecular flexibility index (Phi) is 4.11. The van der Waals surface area contributed by atoms with Crippen molar-refractivity contribution in [2.75, 3.05) is 12.3 Å². The summed E-state index contributed by atoms with van der Waals surface area (Å²) in [5.41, 5.74) is 4.77. The maximum Gasteiger partial charge on any atom is 0.351 e. The first-order valence-corrected chi connectivity index (χ1v) is 5.90. The standard InChI is InChI=1S/C11H15F2N3O3/c12-8(13)3-6-4-10(19-7(6)5-17)16-2-1-9(14)15-11(16)18/h1-2,6-8,10,17H,3-5H2,(H2,14,15,18). The van der Waals surface area contributed by atoms with Gasteiger partial charge >= 0.3 is 5.69 Å². The highest BCUT2D eigenvalue weighted by Gasteiger charge is 2.37. The number of alkyl halides is 2. The number of hydrogen-bond acceptors (Lipinski definition) is 5. The second kappa shape index (κ2) is 5.62. The molecule has 0 aromatic carbocycles. The van der Waals surface area contributed by atoms with Gasteiger partial charge in [0, 0.05) is 12.6 Å². The van der Waals surface area contributed by atoms with Gasteiger partial charge in [0.05, 0.1) is 12.7 Å². The Labute approximate surface area is 107 Å². The predicted octanol–water partition coefficient (Wildman–Crippen LogP) is 0.377. The third-order valence-corrected chi connectivity index (χ3v) is 3.18. The summed E-state index contributed by atoms with van der Waals surface area (Å²) in [4.78, 5) is 15.2. The number of aromatic nitrogens is 2. The van der Waals surface area contributed by atoms with Gasteiger partial charge in [0.1, 0.15) is 12.0 Å². The van der Waals surface area contributed by atoms with Crippen LogP contribution in [0.15, 0.2) is 17.1 Å². The minimum Gasteiger partial charge on any atom is -0.394 e. The molecular weight excluding hydrogens is 260 g/mol. The van der Waals surface area contributed by atoms with E-state index in [4.69, 9.17) is 15.6 Å². The normalized spacial score (nSPS) is 27.1. The Hall–Kier alpha value is -1.54. The number of nitrogens with zero attached hydrogens (tertiary/aromatic N) is 2. The summed E-state index contributed by atoms with van der Waals surface area (Å²) in [6.07, 6.45) is -2.57. The predicted molar refractivity (Wildman–Crippen MR) is 62.6 cm³/mol. The number of halogens is 2. The van der Waals surface area contributed by atoms with Crippen LogP contribution in [0.25, 0.3) is 0 Å². The van der Waals surface area contributed by atoms with Crippen LogP contribution < -0.4 is 11.4 Å². The van der Waals surface area contributed by atoms with Gasteiger partial charge in [-0.3, -0.25) is 4.57 Å². The van der Waals surface area contributed by atoms with Crippen LogP contribution in [0.4, 0.5) is 14.6 Å². The molecule has 2 rings (SSSR count). The number of aliphatic hydroxyl groups is 1. The summed E-state index contributed by atoms with van der Waals surface area (Å²) >= 11 is 0. The van der Waals surface area contributed by atoms with Gasteiger partial charge in [0.25, 0.3) is 0 Å². The first-order valence-electron chi connectivity index (χ1n) is 5.90. The Morgan fingerprint density at radius 3 is 2.95 bits per heavy atom. The number of ether oxygens (including phenoxy) is 1. The fourth-order valence-corrected chi connectivity index (χ4v) is 2.27. The molecule has 0 radical (unpaired) electrons. The van der Waals surface area contributed by atoms with E-state index >= 15 is 0 Å². The molecule has 6 nitrogen and oxygen atoms in total. The molecule has 1 aliphatic rings. The highest BCUT2D eigenvalue weighted by atomic mass is 19.3. The molecule has 0 aliphatic carbocycles. The first-order chi connectivity index (χ1) is 9.01. The molecule has 1 aromatic heterocycles. The van der Waals surface area contributed by atoms with E-state index in [1.807, 2.05) is 0 Å². The van der Waals surface area contributed by atoms with E-state index in [0.29, 0.717) is 0 Å². The molecule has 1 aromatic rings. The molecule has 106 valence electrons. The molecule has 1 fully saturated rings. The molecule has 0 amide bonds. The van der Waals surface area contributed by atoms with Crippen molar-refractivity contribution < 1.29 is 18.6 Å². The van der Waals surface area contributed by atoms with Gasteiger partial charge in [0.15, 0.2) is 0 Å². The highest BCUT2D eigenvalue weighted by Crippen LogP contribution is 2.35. The van der Waals surface area contributed by atoms with Crippen LogP contribution >= 0.6 is 0 Å². The van der Waals surface area contributed by atoms with Crippen LogP contribution in [0.5, 0.6) is 0 Å². The number of rotatable bonds is 4. The Bertz CT molecular complexity index is 494. The van der Waals surface area contributed by atoms with E-state index < -0.39 is 30.4 Å². The zero-order valence-corrected chi connectivity index (χ0v) is 10.1. The van der Waals surface area contributed by atoms with Crippen molar-refractivity contribution in [2.24, 2.45) is 5.92 Å². The Balaban J connectivity index is 2.16. The maximum atomic E-state index is 12.4. The summed E-state index contributed by atoms with van der Waals surface area (Å²) < 4.78 is 31.5. The zero-order valence-electron chi connectivity index (χ0n) is 10.1. The number of anilines is 1. The molecule has 0 spiro atoms. The van der Waals surface area contributed by atoms with Crippen molar-refractivity contribution in [3.63, 3.8) is 0 Å². The SMILES string of the molecule is Nc1ccn(C2CC(CC(F)F)C(CO)O2)c(=O)n1. The molecular formula is C11H15F2N3O3. The van der Waals surface area contributed by atoms with E-state index in [1.165, 1.54) is 16.8 Å². The van der Waals surface area contributed by atoms with Crippen LogP contribution in [-0.4, -0.2) is 33.8 Å². The van der Waals surface area contributed by atoms with Gasteiger partial charge < -0.3 is 15.6 Å². The topological polar surface area (TPSA) is 90.4 Å². The molecule has 3 unspecified atom stereocenters. The summed E-state index contributed by atoms with van der Waals surface area (Å²) in [5, 5.41) is 9.13. The number of nitrogens with two attached hydrogens (primary N) is 1. The van der Waals surface area contributed by atoms with E-state index in [0.717, 1.165) is 0 Å². The van der Waals surface area contributed by atoms with Crippen molar-refractivity contribution in [1.29, 1.82) is 0 Å². The van der Waals surface area contributed by atoms with Gasteiger partial charge in [-0.2, -0.15) is 4.98 Å². The minimum atomic E-state index is -2.47. The van der Waals surface area contributed by atoms with E-state index in [9.17, 15) is 13.6 Å². The second-order valence-electron chi connectivity index (χ2n) is 4.48. The minimum absolute atomic E-state index is 0.0853. The molecule has 3 atom stereocenters. The van der Waals surface area contributed by atoms with Crippen molar-refractivity contribution >= 4 is 5.82 Å². The average Bonchev–Trinajstić information content (AvgIpc) is 2.71. The van der Waals surface area contributed by atoms with Gasteiger partial charge in [-0.1, -0.05) is 0 Å². The molecule has 1 saturated heterocycles. The first kappa shape index (κ1) is 13.9. The number of hydrogen-bond donors (Lipinski definition) is 2. The zero-order chi connectivity index (χ0) is 14.0. The lowest BCUT2D eigenvalue weighted by atomic mass is 9.97. The lowest BCUT2D eigenvalue weighted by Gasteiger charge is -2.15. The van der Waals surface area contributed by atoms with Crippen LogP contribution in [0.2, 0.25) is 0 Å². The Morgan fingerprint density at radius 1 is 1.63 bits per heavy atom. The smallest absolute Gasteiger partial charge is 0.351 e. The lowest BCUT2D eigenvalue weighted by molar-refractivity contribution is -0.0373. The summed E-state index contributed by atoms with van der Waals surface area (Å²) in [6.45, 7) is -0.356. The van der Waals surface area contributed by atoms with E-state index in [2.05, 4.69) is 4.98 Å². The molecule has 2 heterocycles. The van der Waals surface area contributed by atoms with Crippen LogP contribution in [0.1, 0.15) is 19.1 Å². The van der Waals surface area contributed by atoms with E-state index in [-0.39, 0.29) is 25.3 Å². The highest BCUT2D eigenvalue weighted by molar-refractivity contribution is 5.23. The summed E-state index contributed by atoms with van der Waals surface area (Å²) in [6, 6.07) is 1.43. The molecule has 1 aliphatic heterocycles.